The number of H-pyrrole nitrogens is 1. The van der Waals surface area contributed by atoms with Crippen LogP contribution in [-0.4, -0.2) is 18.7 Å². The third-order valence-electron chi connectivity index (χ3n) is 6.29. The molecule has 1 saturated carbocycles. The normalized spacial score (nSPS) is 13.6. The second kappa shape index (κ2) is 7.31. The molecule has 1 aliphatic rings. The number of benzene rings is 2. The lowest BCUT2D eigenvalue weighted by Gasteiger charge is -2.19. The Morgan fingerprint density at radius 2 is 1.76 bits per heavy atom. The number of anilines is 2. The van der Waals surface area contributed by atoms with Gasteiger partial charge in [0.05, 0.1) is 17.1 Å². The highest BCUT2D eigenvalue weighted by Crippen LogP contribution is 2.34. The monoisotopic (exact) mass is 457 g/mol. The second-order valence-electron chi connectivity index (χ2n) is 8.54. The minimum Gasteiger partial charge on any atom is -0.361 e. The van der Waals surface area contributed by atoms with E-state index in [2.05, 4.69) is 10.3 Å². The smallest absolute Gasteiger partial charge is 0.337 e. The first-order valence-electron chi connectivity index (χ1n) is 10.9. The van der Waals surface area contributed by atoms with Crippen molar-refractivity contribution in [2.45, 2.75) is 18.9 Å². The molecule has 0 atom stereocenters. The maximum atomic E-state index is 14.9. The number of para-hydroxylation sites is 1. The number of hydrogen-bond donors (Lipinski definition) is 2. The van der Waals surface area contributed by atoms with Gasteiger partial charge in [-0.2, -0.15) is 0 Å². The van der Waals surface area contributed by atoms with Gasteiger partial charge in [0.15, 0.2) is 0 Å². The molecule has 170 valence electrons. The van der Waals surface area contributed by atoms with E-state index < -0.39 is 22.6 Å². The van der Waals surface area contributed by atoms with Gasteiger partial charge in [-0.3, -0.25) is 18.7 Å². The standard InChI is InChI=1S/C25H20FN5O3/c1-29-21(32)13-20(28-19-11-14-9-10-27-18(14)12-17(19)26)22-23(29)30(15-5-3-2-4-6-15)25(34)31(24(22)33)16-7-8-16/h2-6,9-13,16,27-28H,7-8H2,1H3. The van der Waals surface area contributed by atoms with E-state index in [1.165, 1.54) is 32.9 Å². The number of rotatable bonds is 4. The lowest BCUT2D eigenvalue weighted by atomic mass is 10.2. The number of nitrogens with one attached hydrogen (secondary N) is 2. The molecule has 6 rings (SSSR count). The highest BCUT2D eigenvalue weighted by Gasteiger charge is 2.31. The fraction of sp³-hybridized carbons (Fsp3) is 0.160. The predicted molar refractivity (Wildman–Crippen MR) is 129 cm³/mol. The van der Waals surface area contributed by atoms with Crippen molar-refractivity contribution < 1.29 is 4.39 Å². The Balaban J connectivity index is 1.71. The first-order valence-corrected chi connectivity index (χ1v) is 10.9. The van der Waals surface area contributed by atoms with Crippen molar-refractivity contribution in [2.24, 2.45) is 7.05 Å². The molecule has 3 aromatic heterocycles. The summed E-state index contributed by atoms with van der Waals surface area (Å²) >= 11 is 0. The molecule has 9 heteroatoms. The Morgan fingerprint density at radius 3 is 2.50 bits per heavy atom. The van der Waals surface area contributed by atoms with Crippen LogP contribution in [0.4, 0.5) is 15.8 Å². The molecule has 8 nitrogen and oxygen atoms in total. The molecular formula is C25H20FN5O3. The maximum Gasteiger partial charge on any atom is 0.337 e. The van der Waals surface area contributed by atoms with Gasteiger partial charge in [-0.15, -0.1) is 0 Å². The largest absolute Gasteiger partial charge is 0.361 e. The zero-order valence-corrected chi connectivity index (χ0v) is 18.2. The molecule has 0 aliphatic heterocycles. The third-order valence-corrected chi connectivity index (χ3v) is 6.29. The van der Waals surface area contributed by atoms with E-state index in [-0.39, 0.29) is 28.5 Å². The molecule has 0 saturated heterocycles. The van der Waals surface area contributed by atoms with E-state index >= 15 is 0 Å². The fourth-order valence-electron chi connectivity index (χ4n) is 4.44. The average molecular weight is 457 g/mol. The van der Waals surface area contributed by atoms with Gasteiger partial charge in [0.25, 0.3) is 11.1 Å². The third kappa shape index (κ3) is 3.01. The van der Waals surface area contributed by atoms with Crippen LogP contribution in [0.15, 0.2) is 75.2 Å². The fourth-order valence-corrected chi connectivity index (χ4v) is 4.44. The molecule has 3 heterocycles. The first kappa shape index (κ1) is 20.2. The van der Waals surface area contributed by atoms with E-state index in [0.29, 0.717) is 11.2 Å². The molecule has 34 heavy (non-hydrogen) atoms. The van der Waals surface area contributed by atoms with Crippen LogP contribution in [0, 0.1) is 5.82 Å². The lowest BCUT2D eigenvalue weighted by Crippen LogP contribution is -2.41. The number of nitrogens with zero attached hydrogens (tertiary/aromatic N) is 3. The van der Waals surface area contributed by atoms with Gasteiger partial charge in [-0.25, -0.2) is 13.8 Å². The summed E-state index contributed by atoms with van der Waals surface area (Å²) < 4.78 is 18.8. The Kier molecular flexibility index (Phi) is 4.35. The van der Waals surface area contributed by atoms with Gasteiger partial charge < -0.3 is 10.3 Å². The van der Waals surface area contributed by atoms with Crippen molar-refractivity contribution in [1.29, 1.82) is 0 Å². The number of hydrogen-bond acceptors (Lipinski definition) is 4. The van der Waals surface area contributed by atoms with E-state index in [9.17, 15) is 18.8 Å². The zero-order valence-electron chi connectivity index (χ0n) is 18.2. The lowest BCUT2D eigenvalue weighted by molar-refractivity contribution is 0.633. The molecule has 2 aromatic carbocycles. The van der Waals surface area contributed by atoms with Crippen molar-refractivity contribution in [3.05, 3.63) is 97.8 Å². The van der Waals surface area contributed by atoms with Crippen LogP contribution >= 0.6 is 0 Å². The van der Waals surface area contributed by atoms with Gasteiger partial charge in [-0.05, 0) is 37.1 Å². The van der Waals surface area contributed by atoms with Gasteiger partial charge in [0.2, 0.25) is 0 Å². The molecule has 1 aliphatic carbocycles. The van der Waals surface area contributed by atoms with Crippen molar-refractivity contribution in [2.75, 3.05) is 5.32 Å². The quantitative estimate of drug-likeness (QED) is 0.432. The van der Waals surface area contributed by atoms with Crippen LogP contribution in [0.3, 0.4) is 0 Å². The summed E-state index contributed by atoms with van der Waals surface area (Å²) in [7, 11) is 1.51. The molecule has 5 aromatic rings. The number of aromatic amines is 1. The van der Waals surface area contributed by atoms with Crippen LogP contribution in [0.25, 0.3) is 27.6 Å². The number of halogens is 1. The van der Waals surface area contributed by atoms with Crippen LogP contribution < -0.4 is 22.1 Å². The van der Waals surface area contributed by atoms with Gasteiger partial charge >= 0.3 is 5.69 Å². The Bertz CT molecular complexity index is 1770. The van der Waals surface area contributed by atoms with E-state index in [0.717, 1.165) is 18.2 Å². The maximum absolute atomic E-state index is 14.9. The summed E-state index contributed by atoms with van der Waals surface area (Å²) in [6.45, 7) is 0. The molecule has 0 bridgehead atoms. The summed E-state index contributed by atoms with van der Waals surface area (Å²) in [5.74, 6) is -0.539. The summed E-state index contributed by atoms with van der Waals surface area (Å²) in [6, 6.07) is 14.7. The van der Waals surface area contributed by atoms with Gasteiger partial charge in [0.1, 0.15) is 16.9 Å². The molecule has 2 N–H and O–H groups in total. The SMILES string of the molecule is Cn1c(=O)cc(Nc2cc3cc[nH]c3cc2F)c2c(=O)n(C3CC3)c(=O)n(-c3ccccc3)c21. The molecular weight excluding hydrogens is 437 g/mol. The van der Waals surface area contributed by atoms with Crippen LogP contribution in [0.2, 0.25) is 0 Å². The minimum atomic E-state index is -0.539. The molecule has 1 fully saturated rings. The number of aromatic nitrogens is 4. The van der Waals surface area contributed by atoms with E-state index in [1.54, 1.807) is 42.6 Å². The summed E-state index contributed by atoms with van der Waals surface area (Å²) in [5, 5.41) is 3.88. The molecule has 0 amide bonds. The number of pyridine rings is 1. The first-order chi connectivity index (χ1) is 16.4. The predicted octanol–water partition coefficient (Wildman–Crippen LogP) is 3.55. The van der Waals surface area contributed by atoms with Crippen LogP contribution in [0.1, 0.15) is 18.9 Å². The molecule has 0 spiro atoms. The van der Waals surface area contributed by atoms with Crippen molar-refractivity contribution in [3.63, 3.8) is 0 Å². The molecule has 0 radical (unpaired) electrons. The van der Waals surface area contributed by atoms with Crippen LogP contribution in [0.5, 0.6) is 0 Å². The zero-order chi connectivity index (χ0) is 23.6. The summed E-state index contributed by atoms with van der Waals surface area (Å²) in [5.41, 5.74) is 0.133. The topological polar surface area (TPSA) is 93.8 Å². The Morgan fingerprint density at radius 1 is 1.00 bits per heavy atom. The average Bonchev–Trinajstić information content (AvgIpc) is 3.55. The van der Waals surface area contributed by atoms with E-state index in [4.69, 9.17) is 0 Å². The van der Waals surface area contributed by atoms with Gasteiger partial charge in [0, 0.05) is 42.3 Å². The van der Waals surface area contributed by atoms with E-state index in [1.807, 2.05) is 6.07 Å². The number of fused-ring (bicyclic) bond motifs is 2. The summed E-state index contributed by atoms with van der Waals surface area (Å²) in [6.07, 6.45) is 3.15. The van der Waals surface area contributed by atoms with Crippen molar-refractivity contribution >= 4 is 33.3 Å². The van der Waals surface area contributed by atoms with Crippen molar-refractivity contribution in [3.8, 4) is 5.69 Å². The Hall–Kier alpha value is -4.40. The molecule has 0 unspecified atom stereocenters. The van der Waals surface area contributed by atoms with Crippen LogP contribution in [-0.2, 0) is 7.05 Å². The Labute approximate surface area is 191 Å². The number of aryl methyl sites for hydroxylation is 1. The van der Waals surface area contributed by atoms with Crippen molar-refractivity contribution in [1.82, 2.24) is 18.7 Å². The second-order valence-corrected chi connectivity index (χ2v) is 8.54. The summed E-state index contributed by atoms with van der Waals surface area (Å²) in [4.78, 5) is 43.0. The van der Waals surface area contributed by atoms with Gasteiger partial charge in [-0.1, -0.05) is 18.2 Å². The highest BCUT2D eigenvalue weighted by atomic mass is 19.1. The highest BCUT2D eigenvalue weighted by molar-refractivity contribution is 5.93. The minimum absolute atomic E-state index is 0.122.